The number of aldehydes is 1. The summed E-state index contributed by atoms with van der Waals surface area (Å²) in [5.74, 6) is 0. The molecule has 0 saturated carbocycles. The molecule has 0 fully saturated rings. The van der Waals surface area contributed by atoms with Gasteiger partial charge in [0.15, 0.2) is 6.29 Å². The predicted molar refractivity (Wildman–Crippen MR) is 76.6 cm³/mol. The fourth-order valence-electron chi connectivity index (χ4n) is 1.75. The lowest BCUT2D eigenvalue weighted by molar-refractivity contribution is 0.112. The van der Waals surface area contributed by atoms with E-state index in [0.29, 0.717) is 10.6 Å². The van der Waals surface area contributed by atoms with Crippen LogP contribution in [0.1, 0.15) is 10.4 Å². The minimum Gasteiger partial charge on any atom is -0.378 e. The molecule has 0 amide bonds. The monoisotopic (exact) mass is 259 g/mol. The van der Waals surface area contributed by atoms with Crippen molar-refractivity contribution >= 4 is 23.6 Å². The zero-order valence-corrected chi connectivity index (χ0v) is 11.1. The van der Waals surface area contributed by atoms with Crippen molar-refractivity contribution in [2.45, 2.75) is 0 Å². The van der Waals surface area contributed by atoms with Gasteiger partial charge in [-0.05, 0) is 35.4 Å². The summed E-state index contributed by atoms with van der Waals surface area (Å²) in [6.45, 7) is 0. The van der Waals surface area contributed by atoms with Crippen molar-refractivity contribution in [2.75, 3.05) is 19.0 Å². The molecule has 0 aliphatic heterocycles. The fraction of sp³-hybridized carbons (Fsp3) is 0.133. The lowest BCUT2D eigenvalue weighted by atomic mass is 10.0. The maximum Gasteiger partial charge on any atom is 0.151 e. The molecule has 0 aliphatic rings. The van der Waals surface area contributed by atoms with Gasteiger partial charge in [-0.2, -0.15) is 0 Å². The van der Waals surface area contributed by atoms with Crippen molar-refractivity contribution in [3.8, 4) is 11.1 Å². The molecule has 0 unspecified atom stereocenters. The molecule has 2 rings (SSSR count). The van der Waals surface area contributed by atoms with Gasteiger partial charge in [-0.25, -0.2) is 0 Å². The van der Waals surface area contributed by atoms with Crippen LogP contribution in [0, 0.1) is 0 Å². The first kappa shape index (κ1) is 12.7. The van der Waals surface area contributed by atoms with E-state index in [0.717, 1.165) is 23.1 Å². The first-order chi connectivity index (χ1) is 8.61. The van der Waals surface area contributed by atoms with E-state index in [1.54, 1.807) is 6.07 Å². The molecular weight excluding hydrogens is 246 g/mol. The largest absolute Gasteiger partial charge is 0.378 e. The number of halogens is 1. The standard InChI is InChI=1S/C15H14ClNO/c1-17(2)14-7-5-11(6-8-14)12-3-4-13(10-18)15(16)9-12/h3-10H,1-2H3. The Morgan fingerprint density at radius 3 is 2.11 bits per heavy atom. The lowest BCUT2D eigenvalue weighted by Gasteiger charge is -2.12. The molecule has 0 heterocycles. The highest BCUT2D eigenvalue weighted by atomic mass is 35.5. The van der Waals surface area contributed by atoms with Crippen LogP contribution in [-0.4, -0.2) is 20.4 Å². The van der Waals surface area contributed by atoms with Gasteiger partial charge in [0.05, 0.1) is 5.02 Å². The quantitative estimate of drug-likeness (QED) is 0.780. The lowest BCUT2D eigenvalue weighted by Crippen LogP contribution is -2.07. The average Bonchev–Trinajstić information content (AvgIpc) is 2.38. The van der Waals surface area contributed by atoms with Crippen LogP contribution < -0.4 is 4.90 Å². The third-order valence-corrected chi connectivity index (χ3v) is 3.17. The Morgan fingerprint density at radius 1 is 1.00 bits per heavy atom. The van der Waals surface area contributed by atoms with Crippen LogP contribution >= 0.6 is 11.6 Å². The molecule has 0 aliphatic carbocycles. The molecule has 0 atom stereocenters. The van der Waals surface area contributed by atoms with E-state index in [2.05, 4.69) is 12.1 Å². The molecule has 0 bridgehead atoms. The highest BCUT2D eigenvalue weighted by Gasteiger charge is 2.03. The summed E-state index contributed by atoms with van der Waals surface area (Å²) in [7, 11) is 4.01. The molecule has 0 N–H and O–H groups in total. The minimum atomic E-state index is 0.485. The number of benzene rings is 2. The summed E-state index contributed by atoms with van der Waals surface area (Å²) in [5, 5.41) is 0.485. The number of hydrogen-bond acceptors (Lipinski definition) is 2. The summed E-state index contributed by atoms with van der Waals surface area (Å²) in [5.41, 5.74) is 3.76. The van der Waals surface area contributed by atoms with Gasteiger partial charge >= 0.3 is 0 Å². The van der Waals surface area contributed by atoms with E-state index < -0.39 is 0 Å². The molecular formula is C15H14ClNO. The van der Waals surface area contributed by atoms with Gasteiger partial charge in [-0.3, -0.25) is 4.79 Å². The van der Waals surface area contributed by atoms with E-state index in [1.165, 1.54) is 0 Å². The summed E-state index contributed by atoms with van der Waals surface area (Å²) in [6.07, 6.45) is 0.765. The fourth-order valence-corrected chi connectivity index (χ4v) is 1.98. The van der Waals surface area contributed by atoms with Crippen LogP contribution in [0.4, 0.5) is 5.69 Å². The van der Waals surface area contributed by atoms with Crippen LogP contribution in [0.5, 0.6) is 0 Å². The first-order valence-electron chi connectivity index (χ1n) is 5.64. The Labute approximate surface area is 112 Å². The summed E-state index contributed by atoms with van der Waals surface area (Å²) < 4.78 is 0. The Hall–Kier alpha value is -1.80. The van der Waals surface area contributed by atoms with E-state index in [4.69, 9.17) is 11.6 Å². The molecule has 2 nitrogen and oxygen atoms in total. The van der Waals surface area contributed by atoms with Crippen LogP contribution in [0.2, 0.25) is 5.02 Å². The van der Waals surface area contributed by atoms with Gasteiger partial charge in [0.25, 0.3) is 0 Å². The first-order valence-corrected chi connectivity index (χ1v) is 6.02. The highest BCUT2D eigenvalue weighted by molar-refractivity contribution is 6.33. The third kappa shape index (κ3) is 2.54. The van der Waals surface area contributed by atoms with Gasteiger partial charge < -0.3 is 4.90 Å². The zero-order valence-electron chi connectivity index (χ0n) is 10.4. The van der Waals surface area contributed by atoms with Gasteiger partial charge in [0, 0.05) is 25.3 Å². The van der Waals surface area contributed by atoms with Gasteiger partial charge in [0.2, 0.25) is 0 Å². The third-order valence-electron chi connectivity index (χ3n) is 2.84. The number of carbonyl (C=O) groups excluding carboxylic acids is 1. The Bertz CT molecular complexity index is 561. The second kappa shape index (κ2) is 5.23. The van der Waals surface area contributed by atoms with Crippen molar-refractivity contribution in [2.24, 2.45) is 0 Å². The Kier molecular flexibility index (Phi) is 3.68. The second-order valence-electron chi connectivity index (χ2n) is 4.30. The summed E-state index contributed by atoms with van der Waals surface area (Å²) >= 11 is 6.02. The van der Waals surface area contributed by atoms with E-state index in [9.17, 15) is 4.79 Å². The zero-order chi connectivity index (χ0) is 13.1. The van der Waals surface area contributed by atoms with Gasteiger partial charge in [0.1, 0.15) is 0 Å². The van der Waals surface area contributed by atoms with Gasteiger partial charge in [-0.15, -0.1) is 0 Å². The molecule has 0 saturated heterocycles. The van der Waals surface area contributed by atoms with Crippen LogP contribution in [0.25, 0.3) is 11.1 Å². The maximum absolute atomic E-state index is 10.7. The van der Waals surface area contributed by atoms with Crippen LogP contribution in [0.15, 0.2) is 42.5 Å². The van der Waals surface area contributed by atoms with Crippen molar-refractivity contribution in [1.82, 2.24) is 0 Å². The molecule has 2 aromatic carbocycles. The predicted octanol–water partition coefficient (Wildman–Crippen LogP) is 3.89. The highest BCUT2D eigenvalue weighted by Crippen LogP contribution is 2.26. The molecule has 2 aromatic rings. The number of hydrogen-bond donors (Lipinski definition) is 0. The van der Waals surface area contributed by atoms with Crippen molar-refractivity contribution in [1.29, 1.82) is 0 Å². The molecule has 18 heavy (non-hydrogen) atoms. The van der Waals surface area contributed by atoms with Crippen molar-refractivity contribution in [3.05, 3.63) is 53.1 Å². The topological polar surface area (TPSA) is 20.3 Å². The SMILES string of the molecule is CN(C)c1ccc(-c2ccc(C=O)c(Cl)c2)cc1. The molecule has 0 aromatic heterocycles. The van der Waals surface area contributed by atoms with E-state index in [-0.39, 0.29) is 0 Å². The Balaban J connectivity index is 2.36. The van der Waals surface area contributed by atoms with Crippen LogP contribution in [-0.2, 0) is 0 Å². The summed E-state index contributed by atoms with van der Waals surface area (Å²) in [4.78, 5) is 12.8. The average molecular weight is 260 g/mol. The van der Waals surface area contributed by atoms with Gasteiger partial charge in [-0.1, -0.05) is 29.8 Å². The number of carbonyl (C=O) groups is 1. The van der Waals surface area contributed by atoms with Crippen molar-refractivity contribution in [3.63, 3.8) is 0 Å². The summed E-state index contributed by atoms with van der Waals surface area (Å²) in [6, 6.07) is 13.7. The molecule has 92 valence electrons. The number of rotatable bonds is 3. The normalized spacial score (nSPS) is 10.2. The second-order valence-corrected chi connectivity index (χ2v) is 4.70. The molecule has 0 radical (unpaired) electrons. The number of anilines is 1. The maximum atomic E-state index is 10.7. The van der Waals surface area contributed by atoms with E-state index in [1.807, 2.05) is 43.3 Å². The van der Waals surface area contributed by atoms with E-state index >= 15 is 0 Å². The molecule has 0 spiro atoms. The van der Waals surface area contributed by atoms with Crippen LogP contribution in [0.3, 0.4) is 0 Å². The minimum absolute atomic E-state index is 0.485. The smallest absolute Gasteiger partial charge is 0.151 e. The van der Waals surface area contributed by atoms with Crippen molar-refractivity contribution < 1.29 is 4.79 Å². The Morgan fingerprint density at radius 2 is 1.61 bits per heavy atom. The number of nitrogens with zero attached hydrogens (tertiary/aromatic N) is 1. The molecule has 3 heteroatoms.